The number of benzene rings is 2. The minimum atomic E-state index is -0.348. The zero-order chi connectivity index (χ0) is 20.1. The van der Waals surface area contributed by atoms with Crippen molar-refractivity contribution in [1.82, 2.24) is 4.98 Å². The lowest BCUT2D eigenvalue weighted by molar-refractivity contribution is -0.118. The number of hydrogen-bond acceptors (Lipinski definition) is 6. The van der Waals surface area contributed by atoms with Gasteiger partial charge in [0.1, 0.15) is 5.75 Å². The summed E-state index contributed by atoms with van der Waals surface area (Å²) in [5.74, 6) is 1.27. The number of halogens is 2. The van der Waals surface area contributed by atoms with Gasteiger partial charge >= 0.3 is 0 Å². The van der Waals surface area contributed by atoms with E-state index in [1.54, 1.807) is 38.5 Å². The van der Waals surface area contributed by atoms with Crippen LogP contribution in [0.3, 0.4) is 0 Å². The highest BCUT2D eigenvalue weighted by Crippen LogP contribution is 2.33. The van der Waals surface area contributed by atoms with E-state index in [0.29, 0.717) is 38.1 Å². The van der Waals surface area contributed by atoms with Crippen LogP contribution in [0, 0.1) is 0 Å². The van der Waals surface area contributed by atoms with Gasteiger partial charge in [-0.2, -0.15) is 0 Å². The first-order chi connectivity index (χ1) is 13.5. The average Bonchev–Trinajstić information content (AvgIpc) is 3.15. The van der Waals surface area contributed by atoms with Crippen LogP contribution < -0.4 is 19.5 Å². The van der Waals surface area contributed by atoms with Crippen LogP contribution in [0.1, 0.15) is 0 Å². The highest BCUT2D eigenvalue weighted by Gasteiger charge is 2.12. The molecule has 0 saturated carbocycles. The number of rotatable bonds is 7. The number of ether oxygens (including phenoxy) is 3. The van der Waals surface area contributed by atoms with Crippen molar-refractivity contribution in [3.8, 4) is 28.5 Å². The van der Waals surface area contributed by atoms with Gasteiger partial charge in [-0.15, -0.1) is 11.3 Å². The molecule has 0 fully saturated rings. The summed E-state index contributed by atoms with van der Waals surface area (Å²) in [6, 6.07) is 10.3. The Morgan fingerprint density at radius 2 is 1.82 bits per heavy atom. The van der Waals surface area contributed by atoms with E-state index >= 15 is 0 Å². The Morgan fingerprint density at radius 1 is 1.07 bits per heavy atom. The molecule has 0 radical (unpaired) electrons. The summed E-state index contributed by atoms with van der Waals surface area (Å²) in [7, 11) is 3.15. The van der Waals surface area contributed by atoms with Gasteiger partial charge in [0.15, 0.2) is 23.2 Å². The van der Waals surface area contributed by atoms with Gasteiger partial charge < -0.3 is 14.2 Å². The van der Waals surface area contributed by atoms with Crippen molar-refractivity contribution in [1.29, 1.82) is 0 Å². The second-order valence-corrected chi connectivity index (χ2v) is 7.22. The zero-order valence-corrected chi connectivity index (χ0v) is 17.3. The van der Waals surface area contributed by atoms with Gasteiger partial charge in [0.05, 0.1) is 24.9 Å². The Bertz CT molecular complexity index is 994. The van der Waals surface area contributed by atoms with E-state index < -0.39 is 0 Å². The third-order valence-corrected chi connectivity index (χ3v) is 4.97. The molecule has 0 unspecified atom stereocenters. The smallest absolute Gasteiger partial charge is 0.264 e. The van der Waals surface area contributed by atoms with E-state index in [0.717, 1.165) is 5.56 Å². The molecule has 0 spiro atoms. The fraction of sp³-hybridized carbons (Fsp3) is 0.158. The first kappa shape index (κ1) is 20.3. The van der Waals surface area contributed by atoms with Crippen molar-refractivity contribution in [3.05, 3.63) is 51.8 Å². The molecule has 6 nitrogen and oxygen atoms in total. The molecule has 1 heterocycles. The third kappa shape index (κ3) is 4.86. The van der Waals surface area contributed by atoms with E-state index in [-0.39, 0.29) is 12.5 Å². The van der Waals surface area contributed by atoms with Crippen molar-refractivity contribution in [2.45, 2.75) is 0 Å². The summed E-state index contributed by atoms with van der Waals surface area (Å²) in [6.45, 7) is -0.202. The van der Waals surface area contributed by atoms with Crippen molar-refractivity contribution in [2.24, 2.45) is 0 Å². The van der Waals surface area contributed by atoms with Crippen LogP contribution in [0.4, 0.5) is 5.13 Å². The second kappa shape index (κ2) is 9.14. The molecule has 0 saturated heterocycles. The van der Waals surface area contributed by atoms with Crippen molar-refractivity contribution in [2.75, 3.05) is 26.1 Å². The highest BCUT2D eigenvalue weighted by atomic mass is 35.5. The first-order valence-corrected chi connectivity index (χ1v) is 9.69. The molecule has 0 atom stereocenters. The fourth-order valence-corrected chi connectivity index (χ4v) is 3.55. The Morgan fingerprint density at radius 3 is 2.54 bits per heavy atom. The SMILES string of the molecule is COc1ccc(-c2csc(NC(=O)COc3ccc(Cl)cc3Cl)n2)cc1OC. The molecule has 146 valence electrons. The largest absolute Gasteiger partial charge is 0.493 e. The topological polar surface area (TPSA) is 69.7 Å². The maximum absolute atomic E-state index is 12.1. The summed E-state index contributed by atoms with van der Waals surface area (Å²) in [4.78, 5) is 16.5. The summed E-state index contributed by atoms with van der Waals surface area (Å²) >= 11 is 13.2. The van der Waals surface area contributed by atoms with Crippen LogP contribution in [0.2, 0.25) is 10.0 Å². The van der Waals surface area contributed by atoms with Crippen molar-refractivity contribution >= 4 is 45.6 Å². The van der Waals surface area contributed by atoms with Crippen molar-refractivity contribution < 1.29 is 19.0 Å². The van der Waals surface area contributed by atoms with Crippen molar-refractivity contribution in [3.63, 3.8) is 0 Å². The normalized spacial score (nSPS) is 10.4. The number of hydrogen-bond donors (Lipinski definition) is 1. The lowest BCUT2D eigenvalue weighted by atomic mass is 10.1. The molecule has 9 heteroatoms. The number of amides is 1. The zero-order valence-electron chi connectivity index (χ0n) is 15.0. The Labute approximate surface area is 176 Å². The third-order valence-electron chi connectivity index (χ3n) is 3.68. The Balaban J connectivity index is 1.63. The number of carbonyl (C=O) groups excluding carboxylic acids is 1. The summed E-state index contributed by atoms with van der Waals surface area (Å²) in [5, 5.41) is 5.83. The molecular formula is C19H16Cl2N2O4S. The van der Waals surface area contributed by atoms with E-state index in [2.05, 4.69) is 10.3 Å². The molecule has 28 heavy (non-hydrogen) atoms. The molecule has 1 aromatic heterocycles. The van der Waals surface area contributed by atoms with Gasteiger partial charge in [-0.25, -0.2) is 4.98 Å². The monoisotopic (exact) mass is 438 g/mol. The molecule has 2 aromatic carbocycles. The summed E-state index contributed by atoms with van der Waals surface area (Å²) in [6.07, 6.45) is 0. The number of nitrogens with zero attached hydrogens (tertiary/aromatic N) is 1. The number of methoxy groups -OCH3 is 2. The Hall–Kier alpha value is -2.48. The van der Waals surface area contributed by atoms with Crippen LogP contribution in [0.15, 0.2) is 41.8 Å². The summed E-state index contributed by atoms with van der Waals surface area (Å²) < 4.78 is 16.0. The van der Waals surface area contributed by atoms with Crippen LogP contribution in [-0.4, -0.2) is 31.7 Å². The van der Waals surface area contributed by atoms with Crippen LogP contribution in [0.5, 0.6) is 17.2 Å². The maximum Gasteiger partial charge on any atom is 0.264 e. The molecule has 3 aromatic rings. The van der Waals surface area contributed by atoms with Gasteiger partial charge in [0, 0.05) is 16.0 Å². The van der Waals surface area contributed by atoms with Gasteiger partial charge in [0.2, 0.25) is 0 Å². The highest BCUT2D eigenvalue weighted by molar-refractivity contribution is 7.14. The van der Waals surface area contributed by atoms with Gasteiger partial charge in [0.25, 0.3) is 5.91 Å². The standard InChI is InChI=1S/C19H16Cl2N2O4S/c1-25-16-5-3-11(7-17(16)26-2)14-10-28-19(22-14)23-18(24)9-27-15-6-4-12(20)8-13(15)21/h3-8,10H,9H2,1-2H3,(H,22,23,24). The number of carbonyl (C=O) groups is 1. The molecule has 0 aliphatic carbocycles. The van der Waals surface area contributed by atoms with E-state index in [1.807, 2.05) is 17.5 Å². The summed E-state index contributed by atoms with van der Waals surface area (Å²) in [5.41, 5.74) is 1.56. The number of thiazole rings is 1. The number of aromatic nitrogens is 1. The predicted octanol–water partition coefficient (Wildman–Crippen LogP) is 5.15. The van der Waals surface area contributed by atoms with Gasteiger partial charge in [-0.3, -0.25) is 10.1 Å². The molecule has 0 bridgehead atoms. The lowest BCUT2D eigenvalue weighted by Crippen LogP contribution is -2.20. The van der Waals surface area contributed by atoms with E-state index in [9.17, 15) is 4.79 Å². The number of nitrogens with one attached hydrogen (secondary N) is 1. The molecule has 0 aliphatic rings. The molecule has 0 aliphatic heterocycles. The van der Waals surface area contributed by atoms with E-state index in [4.69, 9.17) is 37.4 Å². The van der Waals surface area contributed by atoms with Crippen LogP contribution >= 0.6 is 34.5 Å². The maximum atomic E-state index is 12.1. The second-order valence-electron chi connectivity index (χ2n) is 5.52. The molecular weight excluding hydrogens is 423 g/mol. The Kier molecular flexibility index (Phi) is 6.61. The molecule has 1 N–H and O–H groups in total. The van der Waals surface area contributed by atoms with Gasteiger partial charge in [-0.05, 0) is 36.4 Å². The van der Waals surface area contributed by atoms with Gasteiger partial charge in [-0.1, -0.05) is 23.2 Å². The van der Waals surface area contributed by atoms with Crippen LogP contribution in [0.25, 0.3) is 11.3 Å². The quantitative estimate of drug-likeness (QED) is 0.551. The minimum Gasteiger partial charge on any atom is -0.493 e. The average molecular weight is 439 g/mol. The number of anilines is 1. The molecule has 3 rings (SSSR count). The first-order valence-electron chi connectivity index (χ1n) is 8.05. The van der Waals surface area contributed by atoms with E-state index in [1.165, 1.54) is 11.3 Å². The fourth-order valence-electron chi connectivity index (χ4n) is 2.35. The lowest BCUT2D eigenvalue weighted by Gasteiger charge is -2.08. The predicted molar refractivity (Wildman–Crippen MR) is 111 cm³/mol. The minimum absolute atomic E-state index is 0.202. The molecule has 1 amide bonds. The van der Waals surface area contributed by atoms with Crippen LogP contribution in [-0.2, 0) is 4.79 Å².